The first-order valence-corrected chi connectivity index (χ1v) is 9.20. The van der Waals surface area contributed by atoms with Crippen LogP contribution in [0, 0.1) is 0 Å². The van der Waals surface area contributed by atoms with Gasteiger partial charge in [-0.2, -0.15) is 0 Å². The summed E-state index contributed by atoms with van der Waals surface area (Å²) in [5.41, 5.74) is 1.55. The molecule has 1 N–H and O–H groups in total. The van der Waals surface area contributed by atoms with Gasteiger partial charge in [-0.1, -0.05) is 12.1 Å². The lowest BCUT2D eigenvalue weighted by molar-refractivity contribution is -0.127. The van der Waals surface area contributed by atoms with Gasteiger partial charge in [0.1, 0.15) is 0 Å². The fraction of sp³-hybridized carbons (Fsp3) is 0.500. The smallest absolute Gasteiger partial charge is 0.251 e. The second kappa shape index (κ2) is 8.30. The fourth-order valence-corrected chi connectivity index (χ4v) is 3.72. The Balaban J connectivity index is 1.57. The zero-order valence-electron chi connectivity index (χ0n) is 14.9. The highest BCUT2D eigenvalue weighted by atomic mass is 16.2. The van der Waals surface area contributed by atoms with E-state index >= 15 is 0 Å². The van der Waals surface area contributed by atoms with Crippen LogP contribution in [-0.4, -0.2) is 60.9 Å². The summed E-state index contributed by atoms with van der Waals surface area (Å²) in [5, 5.41) is 2.60. The van der Waals surface area contributed by atoms with Crippen LogP contribution in [0.25, 0.3) is 6.08 Å². The van der Waals surface area contributed by atoms with Crippen LogP contribution < -0.4 is 5.32 Å². The van der Waals surface area contributed by atoms with Gasteiger partial charge in [-0.05, 0) is 62.5 Å². The van der Waals surface area contributed by atoms with Crippen molar-refractivity contribution < 1.29 is 9.59 Å². The number of hydrogen-bond acceptors (Lipinski definition) is 3. The maximum Gasteiger partial charge on any atom is 0.251 e. The van der Waals surface area contributed by atoms with E-state index < -0.39 is 0 Å². The van der Waals surface area contributed by atoms with Crippen molar-refractivity contribution in [3.8, 4) is 0 Å². The van der Waals surface area contributed by atoms with Gasteiger partial charge in [0.05, 0.1) is 0 Å². The molecule has 0 bridgehead atoms. The van der Waals surface area contributed by atoms with Crippen LogP contribution in [0.4, 0.5) is 0 Å². The molecule has 0 aromatic heterocycles. The molecule has 2 heterocycles. The van der Waals surface area contributed by atoms with Gasteiger partial charge in [-0.15, -0.1) is 0 Å². The predicted molar refractivity (Wildman–Crippen MR) is 99.3 cm³/mol. The van der Waals surface area contributed by atoms with Crippen molar-refractivity contribution in [1.82, 2.24) is 15.1 Å². The molecule has 0 radical (unpaired) electrons. The normalized spacial score (nSPS) is 21.6. The monoisotopic (exact) mass is 341 g/mol. The van der Waals surface area contributed by atoms with Gasteiger partial charge in [-0.3, -0.25) is 14.5 Å². The van der Waals surface area contributed by atoms with E-state index in [9.17, 15) is 9.59 Å². The van der Waals surface area contributed by atoms with Gasteiger partial charge in [-0.25, -0.2) is 0 Å². The first kappa shape index (κ1) is 17.7. The van der Waals surface area contributed by atoms with Crippen molar-refractivity contribution >= 4 is 17.9 Å². The van der Waals surface area contributed by atoms with Gasteiger partial charge in [0, 0.05) is 37.8 Å². The van der Waals surface area contributed by atoms with E-state index in [1.165, 1.54) is 32.4 Å². The van der Waals surface area contributed by atoms with Crippen molar-refractivity contribution in [2.45, 2.75) is 31.7 Å². The van der Waals surface area contributed by atoms with Crippen LogP contribution >= 0.6 is 0 Å². The van der Waals surface area contributed by atoms with Crippen molar-refractivity contribution in [3.63, 3.8) is 0 Å². The highest BCUT2D eigenvalue weighted by Crippen LogP contribution is 2.20. The van der Waals surface area contributed by atoms with Crippen molar-refractivity contribution in [2.24, 2.45) is 0 Å². The molecule has 3 rings (SSSR count). The molecule has 25 heavy (non-hydrogen) atoms. The molecule has 2 aliphatic heterocycles. The average Bonchev–Trinajstić information content (AvgIpc) is 3.21. The maximum atomic E-state index is 12.5. The summed E-state index contributed by atoms with van der Waals surface area (Å²) in [4.78, 5) is 28.6. The number of amides is 2. The zero-order chi connectivity index (χ0) is 17.6. The topological polar surface area (TPSA) is 52.7 Å². The lowest BCUT2D eigenvalue weighted by atomic mass is 10.0. The van der Waals surface area contributed by atoms with Crippen LogP contribution in [0.15, 0.2) is 30.3 Å². The Morgan fingerprint density at radius 1 is 1.08 bits per heavy atom. The molecule has 0 saturated carbocycles. The van der Waals surface area contributed by atoms with E-state index in [1.807, 2.05) is 23.1 Å². The summed E-state index contributed by atoms with van der Waals surface area (Å²) < 4.78 is 0. The molecule has 2 amide bonds. The maximum absolute atomic E-state index is 12.5. The molecule has 2 aliphatic rings. The number of likely N-dealkylation sites (tertiary alicyclic amines) is 2. The van der Waals surface area contributed by atoms with Crippen molar-refractivity contribution in [2.75, 3.05) is 33.2 Å². The summed E-state index contributed by atoms with van der Waals surface area (Å²) >= 11 is 0. The van der Waals surface area contributed by atoms with E-state index in [-0.39, 0.29) is 11.8 Å². The molecule has 5 heteroatoms. The van der Waals surface area contributed by atoms with Gasteiger partial charge in [0.2, 0.25) is 5.91 Å². The quantitative estimate of drug-likeness (QED) is 0.854. The lowest BCUT2D eigenvalue weighted by Crippen LogP contribution is -2.48. The summed E-state index contributed by atoms with van der Waals surface area (Å²) in [5.74, 6) is -0.0212. The Labute approximate surface area is 149 Å². The van der Waals surface area contributed by atoms with E-state index in [4.69, 9.17) is 0 Å². The SMILES string of the molecule is CNC(=O)c1ccc(/C=C/C(=O)N2CCC[C@H](N3CCCC3)C2)cc1. The minimum Gasteiger partial charge on any atom is -0.355 e. The van der Waals surface area contributed by atoms with E-state index in [2.05, 4.69) is 10.2 Å². The van der Waals surface area contributed by atoms with Crippen LogP contribution in [0.2, 0.25) is 0 Å². The molecule has 5 nitrogen and oxygen atoms in total. The van der Waals surface area contributed by atoms with Crippen LogP contribution in [0.3, 0.4) is 0 Å². The van der Waals surface area contributed by atoms with Crippen LogP contribution in [0.1, 0.15) is 41.6 Å². The Bertz CT molecular complexity index is 633. The van der Waals surface area contributed by atoms with Crippen molar-refractivity contribution in [1.29, 1.82) is 0 Å². The number of nitrogens with zero attached hydrogens (tertiary/aromatic N) is 2. The lowest BCUT2D eigenvalue weighted by Gasteiger charge is -2.37. The summed E-state index contributed by atoms with van der Waals surface area (Å²) in [6.45, 7) is 4.06. The number of benzene rings is 1. The molecule has 0 unspecified atom stereocenters. The minimum atomic E-state index is -0.104. The second-order valence-electron chi connectivity index (χ2n) is 6.86. The molecule has 1 atom stereocenters. The van der Waals surface area contributed by atoms with E-state index in [0.29, 0.717) is 11.6 Å². The Morgan fingerprint density at radius 3 is 2.48 bits per heavy atom. The van der Waals surface area contributed by atoms with E-state index in [0.717, 1.165) is 25.1 Å². The number of nitrogens with one attached hydrogen (secondary N) is 1. The fourth-order valence-electron chi connectivity index (χ4n) is 3.72. The molecule has 134 valence electrons. The first-order chi connectivity index (χ1) is 12.2. The standard InChI is InChI=1S/C20H27N3O2/c1-21-20(25)17-9-6-16(7-10-17)8-11-19(24)23-14-4-5-18(15-23)22-12-2-3-13-22/h6-11,18H,2-5,12-15H2,1H3,(H,21,25)/b11-8+/t18-/m0/s1. The number of rotatable bonds is 4. The predicted octanol–water partition coefficient (Wildman–Crippen LogP) is 2.15. The van der Waals surface area contributed by atoms with Gasteiger partial charge < -0.3 is 10.2 Å². The van der Waals surface area contributed by atoms with E-state index in [1.54, 1.807) is 25.3 Å². The zero-order valence-corrected chi connectivity index (χ0v) is 14.9. The molecule has 2 saturated heterocycles. The third-order valence-electron chi connectivity index (χ3n) is 5.18. The Hall–Kier alpha value is -2.14. The third-order valence-corrected chi connectivity index (χ3v) is 5.18. The molecule has 0 spiro atoms. The van der Waals surface area contributed by atoms with Gasteiger partial charge in [0.25, 0.3) is 5.91 Å². The van der Waals surface area contributed by atoms with Gasteiger partial charge in [0.15, 0.2) is 0 Å². The third kappa shape index (κ3) is 4.48. The molecule has 2 fully saturated rings. The van der Waals surface area contributed by atoms with Crippen LogP contribution in [0.5, 0.6) is 0 Å². The summed E-state index contributed by atoms with van der Waals surface area (Å²) in [6.07, 6.45) is 8.35. The van der Waals surface area contributed by atoms with Crippen molar-refractivity contribution in [3.05, 3.63) is 41.5 Å². The Kier molecular flexibility index (Phi) is 5.87. The molecular weight excluding hydrogens is 314 g/mol. The highest BCUT2D eigenvalue weighted by molar-refractivity contribution is 5.94. The first-order valence-electron chi connectivity index (χ1n) is 9.20. The highest BCUT2D eigenvalue weighted by Gasteiger charge is 2.28. The second-order valence-corrected chi connectivity index (χ2v) is 6.86. The minimum absolute atomic E-state index is 0.0827. The molecule has 0 aliphatic carbocycles. The number of carbonyl (C=O) groups excluding carboxylic acids is 2. The molecule has 1 aromatic rings. The molecular formula is C20H27N3O2. The number of piperidine rings is 1. The summed E-state index contributed by atoms with van der Waals surface area (Å²) in [6, 6.07) is 7.79. The van der Waals surface area contributed by atoms with Gasteiger partial charge >= 0.3 is 0 Å². The summed E-state index contributed by atoms with van der Waals surface area (Å²) in [7, 11) is 1.61. The number of carbonyl (C=O) groups is 2. The Morgan fingerprint density at radius 2 is 1.80 bits per heavy atom. The number of hydrogen-bond donors (Lipinski definition) is 1. The molecule has 1 aromatic carbocycles. The van der Waals surface area contributed by atoms with Crippen LogP contribution in [-0.2, 0) is 4.79 Å². The largest absolute Gasteiger partial charge is 0.355 e. The average molecular weight is 341 g/mol.